The SMILES string of the molecule is O=C(Nc1ccncc1)Nc1ccc(-c2nc(N3CCOCC3)nc(N3CC4CC3CO4)n2)cc1. The molecule has 3 aromatic rings. The molecule has 3 saturated heterocycles. The van der Waals surface area contributed by atoms with Gasteiger partial charge in [0.1, 0.15) is 0 Å². The van der Waals surface area contributed by atoms with E-state index >= 15 is 0 Å². The summed E-state index contributed by atoms with van der Waals surface area (Å²) in [5.74, 6) is 1.95. The minimum atomic E-state index is -0.327. The molecule has 0 spiro atoms. The molecule has 11 heteroatoms. The Bertz CT molecular complexity index is 1190. The van der Waals surface area contributed by atoms with Crippen molar-refractivity contribution in [3.63, 3.8) is 0 Å². The predicted molar refractivity (Wildman–Crippen MR) is 131 cm³/mol. The van der Waals surface area contributed by atoms with Gasteiger partial charge in [0.15, 0.2) is 5.82 Å². The van der Waals surface area contributed by atoms with Crippen molar-refractivity contribution in [1.29, 1.82) is 0 Å². The molecule has 35 heavy (non-hydrogen) atoms. The molecule has 5 heterocycles. The van der Waals surface area contributed by atoms with Crippen molar-refractivity contribution in [2.75, 3.05) is 59.9 Å². The first-order valence-corrected chi connectivity index (χ1v) is 11.8. The Balaban J connectivity index is 1.23. The zero-order valence-corrected chi connectivity index (χ0v) is 19.1. The van der Waals surface area contributed by atoms with Crippen molar-refractivity contribution in [2.24, 2.45) is 0 Å². The summed E-state index contributed by atoms with van der Waals surface area (Å²) in [6.07, 6.45) is 4.50. The second kappa shape index (κ2) is 9.43. The van der Waals surface area contributed by atoms with E-state index in [9.17, 15) is 4.79 Å². The quantitative estimate of drug-likeness (QED) is 0.575. The smallest absolute Gasteiger partial charge is 0.323 e. The summed E-state index contributed by atoms with van der Waals surface area (Å²) in [4.78, 5) is 35.1. The summed E-state index contributed by atoms with van der Waals surface area (Å²) in [7, 11) is 0. The van der Waals surface area contributed by atoms with Crippen LogP contribution in [0.5, 0.6) is 0 Å². The van der Waals surface area contributed by atoms with Crippen LogP contribution in [0.25, 0.3) is 11.4 Å². The Morgan fingerprint density at radius 3 is 2.31 bits per heavy atom. The molecule has 0 saturated carbocycles. The molecule has 3 fully saturated rings. The van der Waals surface area contributed by atoms with Crippen molar-refractivity contribution < 1.29 is 14.3 Å². The average Bonchev–Trinajstić information content (AvgIpc) is 3.54. The van der Waals surface area contributed by atoms with Gasteiger partial charge in [-0.2, -0.15) is 15.0 Å². The third kappa shape index (κ3) is 4.73. The van der Waals surface area contributed by atoms with Crippen molar-refractivity contribution >= 4 is 29.3 Å². The first-order valence-electron chi connectivity index (χ1n) is 11.8. The highest BCUT2D eigenvalue weighted by atomic mass is 16.5. The topological polar surface area (TPSA) is 118 Å². The second-order valence-corrected chi connectivity index (χ2v) is 8.75. The highest BCUT2D eigenvalue weighted by Gasteiger charge is 2.40. The number of fused-ring (bicyclic) bond motifs is 2. The van der Waals surface area contributed by atoms with E-state index in [1.807, 2.05) is 24.3 Å². The van der Waals surface area contributed by atoms with Gasteiger partial charge in [-0.3, -0.25) is 4.98 Å². The van der Waals surface area contributed by atoms with E-state index in [1.54, 1.807) is 24.5 Å². The normalized spacial score (nSPS) is 21.3. The molecule has 11 nitrogen and oxygen atoms in total. The molecule has 1 aromatic carbocycles. The molecule has 2 bridgehead atoms. The van der Waals surface area contributed by atoms with Crippen LogP contribution in [0.3, 0.4) is 0 Å². The molecule has 2 atom stereocenters. The van der Waals surface area contributed by atoms with Gasteiger partial charge in [0.05, 0.1) is 32.0 Å². The van der Waals surface area contributed by atoms with Crippen LogP contribution in [0.15, 0.2) is 48.8 Å². The molecule has 2 N–H and O–H groups in total. The fourth-order valence-corrected chi connectivity index (χ4v) is 4.59. The van der Waals surface area contributed by atoms with Crippen molar-refractivity contribution in [3.05, 3.63) is 48.8 Å². The number of morpholine rings is 2. The van der Waals surface area contributed by atoms with Crippen LogP contribution in [0, 0.1) is 0 Å². The number of anilines is 4. The lowest BCUT2D eigenvalue weighted by atomic mass is 10.2. The summed E-state index contributed by atoms with van der Waals surface area (Å²) in [5, 5.41) is 5.62. The fourth-order valence-electron chi connectivity index (χ4n) is 4.59. The fraction of sp³-hybridized carbons (Fsp3) is 0.375. The van der Waals surface area contributed by atoms with E-state index in [1.165, 1.54) is 0 Å². The van der Waals surface area contributed by atoms with E-state index in [0.717, 1.165) is 31.6 Å². The molecular formula is C24H26N8O3. The Morgan fingerprint density at radius 1 is 0.914 bits per heavy atom. The molecule has 180 valence electrons. The Morgan fingerprint density at radius 2 is 1.63 bits per heavy atom. The van der Waals surface area contributed by atoms with Crippen LogP contribution in [-0.4, -0.2) is 77.6 Å². The maximum absolute atomic E-state index is 12.3. The number of pyridine rings is 1. The van der Waals surface area contributed by atoms with E-state index in [2.05, 4.69) is 25.4 Å². The van der Waals surface area contributed by atoms with Crippen molar-refractivity contribution in [2.45, 2.75) is 18.6 Å². The second-order valence-electron chi connectivity index (χ2n) is 8.75. The molecule has 2 unspecified atom stereocenters. The van der Waals surface area contributed by atoms with Crippen LogP contribution < -0.4 is 20.4 Å². The highest BCUT2D eigenvalue weighted by molar-refractivity contribution is 5.99. The molecule has 3 aliphatic rings. The number of ether oxygens (including phenoxy) is 2. The van der Waals surface area contributed by atoms with Crippen LogP contribution in [0.1, 0.15) is 6.42 Å². The number of hydrogen-bond acceptors (Lipinski definition) is 9. The van der Waals surface area contributed by atoms with Gasteiger partial charge in [0.2, 0.25) is 11.9 Å². The lowest BCUT2D eigenvalue weighted by Gasteiger charge is -2.30. The van der Waals surface area contributed by atoms with Crippen LogP contribution in [0.4, 0.5) is 28.1 Å². The van der Waals surface area contributed by atoms with Gasteiger partial charge in [-0.05, 0) is 42.8 Å². The van der Waals surface area contributed by atoms with Gasteiger partial charge in [-0.25, -0.2) is 4.79 Å². The van der Waals surface area contributed by atoms with E-state index in [-0.39, 0.29) is 12.1 Å². The number of hydrogen-bond donors (Lipinski definition) is 2. The molecule has 2 amide bonds. The lowest BCUT2D eigenvalue weighted by molar-refractivity contribution is 0.0986. The monoisotopic (exact) mass is 474 g/mol. The van der Waals surface area contributed by atoms with Gasteiger partial charge in [-0.15, -0.1) is 0 Å². The van der Waals surface area contributed by atoms with Crippen LogP contribution in [-0.2, 0) is 9.47 Å². The average molecular weight is 475 g/mol. The zero-order valence-electron chi connectivity index (χ0n) is 19.1. The van der Waals surface area contributed by atoms with Gasteiger partial charge in [-0.1, -0.05) is 0 Å². The van der Waals surface area contributed by atoms with Gasteiger partial charge in [0.25, 0.3) is 0 Å². The standard InChI is InChI=1S/C24H26N8O3/c33-24(27-18-5-7-25-8-6-18)26-17-3-1-16(2-4-17)21-28-22(31-9-11-34-12-10-31)30-23(29-21)32-14-20-13-19(32)15-35-20/h1-8,19-20H,9-15H2,(H2,25,26,27,33). The number of aromatic nitrogens is 4. The largest absolute Gasteiger partial charge is 0.378 e. The number of rotatable bonds is 5. The van der Waals surface area contributed by atoms with Crippen molar-refractivity contribution in [1.82, 2.24) is 19.9 Å². The zero-order chi connectivity index (χ0) is 23.6. The molecule has 6 rings (SSSR count). The summed E-state index contributed by atoms with van der Waals surface area (Å²) < 4.78 is 11.3. The lowest BCUT2D eigenvalue weighted by Crippen LogP contribution is -2.40. The first-order chi connectivity index (χ1) is 17.2. The number of amides is 2. The summed E-state index contributed by atoms with van der Waals surface area (Å²) in [6.45, 7) is 4.30. The van der Waals surface area contributed by atoms with Crippen LogP contribution in [0.2, 0.25) is 0 Å². The summed E-state index contributed by atoms with van der Waals surface area (Å²) >= 11 is 0. The van der Waals surface area contributed by atoms with Crippen LogP contribution >= 0.6 is 0 Å². The molecule has 2 aromatic heterocycles. The number of carbonyl (C=O) groups excluding carboxylic acids is 1. The summed E-state index contributed by atoms with van der Waals surface area (Å²) in [6, 6.07) is 10.9. The first kappa shape index (κ1) is 21.7. The van der Waals surface area contributed by atoms with Gasteiger partial charge in [0, 0.05) is 49.0 Å². The summed E-state index contributed by atoms with van der Waals surface area (Å²) in [5.41, 5.74) is 2.18. The highest BCUT2D eigenvalue weighted by Crippen LogP contribution is 2.32. The van der Waals surface area contributed by atoms with Gasteiger partial charge < -0.3 is 29.9 Å². The molecule has 0 aliphatic carbocycles. The number of urea groups is 1. The van der Waals surface area contributed by atoms with E-state index < -0.39 is 0 Å². The third-order valence-corrected chi connectivity index (χ3v) is 6.40. The van der Waals surface area contributed by atoms with E-state index in [4.69, 9.17) is 24.4 Å². The maximum Gasteiger partial charge on any atom is 0.323 e. The third-order valence-electron chi connectivity index (χ3n) is 6.40. The molecule has 0 radical (unpaired) electrons. The Labute approximate surface area is 202 Å². The number of carbonyl (C=O) groups is 1. The Hall–Kier alpha value is -3.83. The maximum atomic E-state index is 12.3. The number of nitrogens with one attached hydrogen (secondary N) is 2. The Kier molecular flexibility index (Phi) is 5.84. The van der Waals surface area contributed by atoms with E-state index in [0.29, 0.717) is 55.0 Å². The minimum Gasteiger partial charge on any atom is -0.378 e. The minimum absolute atomic E-state index is 0.246. The number of benzene rings is 1. The van der Waals surface area contributed by atoms with Crippen molar-refractivity contribution in [3.8, 4) is 11.4 Å². The molecular weight excluding hydrogens is 448 g/mol. The predicted octanol–water partition coefficient (Wildman–Crippen LogP) is 2.39. The number of nitrogens with zero attached hydrogens (tertiary/aromatic N) is 6. The molecule has 3 aliphatic heterocycles. The van der Waals surface area contributed by atoms with Gasteiger partial charge >= 0.3 is 6.03 Å².